The van der Waals surface area contributed by atoms with Gasteiger partial charge >= 0.3 is 0 Å². The average Bonchev–Trinajstić information content (AvgIpc) is 2.70. The molecule has 0 atom stereocenters. The minimum atomic E-state index is -0.180. The smallest absolute Gasteiger partial charge is 0.231 e. The summed E-state index contributed by atoms with van der Waals surface area (Å²) in [5.74, 6) is 0.550. The number of anilines is 1. The Morgan fingerprint density at radius 3 is 2.88 bits per heavy atom. The summed E-state index contributed by atoms with van der Waals surface area (Å²) in [6.45, 7) is 0. The fraction of sp³-hybridized carbons (Fsp3) is 0.0833. The molecule has 0 radical (unpaired) electrons. The lowest BCUT2D eigenvalue weighted by Gasteiger charge is -2.03. The molecule has 4 heteroatoms. The number of aromatic hydroxyl groups is 1. The molecule has 1 heterocycles. The van der Waals surface area contributed by atoms with Gasteiger partial charge in [0.15, 0.2) is 0 Å². The molecule has 16 heavy (non-hydrogen) atoms. The van der Waals surface area contributed by atoms with E-state index in [0.717, 1.165) is 0 Å². The Morgan fingerprint density at radius 1 is 1.31 bits per heavy atom. The van der Waals surface area contributed by atoms with Crippen molar-refractivity contribution in [1.82, 2.24) is 0 Å². The van der Waals surface area contributed by atoms with E-state index in [1.54, 1.807) is 30.3 Å². The van der Waals surface area contributed by atoms with E-state index in [1.807, 2.05) is 0 Å². The molecule has 2 aromatic rings. The first-order chi connectivity index (χ1) is 7.74. The lowest BCUT2D eigenvalue weighted by atomic mass is 10.2. The van der Waals surface area contributed by atoms with Crippen LogP contribution in [0.15, 0.2) is 47.1 Å². The molecule has 0 aliphatic rings. The number of benzene rings is 1. The van der Waals surface area contributed by atoms with E-state index >= 15 is 0 Å². The van der Waals surface area contributed by atoms with Gasteiger partial charge in [0.2, 0.25) is 5.91 Å². The molecule has 0 spiro atoms. The molecule has 1 amide bonds. The van der Waals surface area contributed by atoms with Crippen molar-refractivity contribution < 1.29 is 14.3 Å². The zero-order chi connectivity index (χ0) is 11.4. The maximum atomic E-state index is 11.5. The minimum absolute atomic E-state index is 0.121. The number of carbonyl (C=O) groups is 1. The third-order valence-corrected chi connectivity index (χ3v) is 2.04. The Balaban J connectivity index is 1.97. The van der Waals surface area contributed by atoms with Crippen molar-refractivity contribution in [1.29, 1.82) is 0 Å². The molecule has 0 saturated carbocycles. The first kappa shape index (κ1) is 10.3. The Labute approximate surface area is 92.5 Å². The van der Waals surface area contributed by atoms with Gasteiger partial charge in [0.25, 0.3) is 0 Å². The van der Waals surface area contributed by atoms with Crippen LogP contribution in [0.2, 0.25) is 0 Å². The molecule has 0 fully saturated rings. The van der Waals surface area contributed by atoms with Crippen molar-refractivity contribution >= 4 is 11.6 Å². The number of rotatable bonds is 3. The van der Waals surface area contributed by atoms with Gasteiger partial charge in [-0.2, -0.15) is 0 Å². The molecule has 4 nitrogen and oxygen atoms in total. The summed E-state index contributed by atoms with van der Waals surface area (Å²) >= 11 is 0. The average molecular weight is 217 g/mol. The molecule has 2 rings (SSSR count). The van der Waals surface area contributed by atoms with Crippen LogP contribution in [0.3, 0.4) is 0 Å². The quantitative estimate of drug-likeness (QED) is 0.828. The SMILES string of the molecule is O=C(Cc1ccco1)Nc1cccc(O)c1. The summed E-state index contributed by atoms with van der Waals surface area (Å²) in [6, 6.07) is 9.87. The molecule has 2 N–H and O–H groups in total. The maximum absolute atomic E-state index is 11.5. The summed E-state index contributed by atoms with van der Waals surface area (Å²) in [4.78, 5) is 11.5. The Kier molecular flexibility index (Phi) is 2.91. The van der Waals surface area contributed by atoms with Crippen LogP contribution in [0.4, 0.5) is 5.69 Å². The lowest BCUT2D eigenvalue weighted by molar-refractivity contribution is -0.115. The summed E-state index contributed by atoms with van der Waals surface area (Å²) in [5.41, 5.74) is 0.566. The second kappa shape index (κ2) is 4.53. The molecule has 0 unspecified atom stereocenters. The largest absolute Gasteiger partial charge is 0.508 e. The molecule has 0 aliphatic carbocycles. The summed E-state index contributed by atoms with van der Waals surface area (Å²) in [5, 5.41) is 11.9. The van der Waals surface area contributed by atoms with Gasteiger partial charge in [-0.25, -0.2) is 0 Å². The molecule has 82 valence electrons. The number of phenolic OH excluding ortho intramolecular Hbond substituents is 1. The van der Waals surface area contributed by atoms with E-state index in [-0.39, 0.29) is 18.1 Å². The Bertz CT molecular complexity index is 477. The highest BCUT2D eigenvalue weighted by molar-refractivity contribution is 5.92. The highest BCUT2D eigenvalue weighted by Crippen LogP contribution is 2.15. The number of furan rings is 1. The van der Waals surface area contributed by atoms with E-state index in [1.165, 1.54) is 12.3 Å². The Morgan fingerprint density at radius 2 is 2.19 bits per heavy atom. The van der Waals surface area contributed by atoms with E-state index in [0.29, 0.717) is 11.4 Å². The van der Waals surface area contributed by atoms with Gasteiger partial charge in [-0.05, 0) is 24.3 Å². The predicted molar refractivity (Wildman–Crippen MR) is 59.1 cm³/mol. The van der Waals surface area contributed by atoms with Crippen LogP contribution in [0.5, 0.6) is 5.75 Å². The van der Waals surface area contributed by atoms with Gasteiger partial charge in [-0.3, -0.25) is 4.79 Å². The molecule has 0 saturated heterocycles. The second-order valence-corrected chi connectivity index (χ2v) is 3.35. The van der Waals surface area contributed by atoms with Crippen molar-refractivity contribution in [3.63, 3.8) is 0 Å². The predicted octanol–water partition coefficient (Wildman–Crippen LogP) is 2.17. The first-order valence-corrected chi connectivity index (χ1v) is 4.85. The van der Waals surface area contributed by atoms with Crippen LogP contribution in [0.1, 0.15) is 5.76 Å². The fourth-order valence-corrected chi connectivity index (χ4v) is 1.36. The summed E-state index contributed by atoms with van der Waals surface area (Å²) in [6.07, 6.45) is 1.71. The van der Waals surface area contributed by atoms with Crippen molar-refractivity contribution in [3.8, 4) is 5.75 Å². The van der Waals surface area contributed by atoms with E-state index in [4.69, 9.17) is 4.42 Å². The van der Waals surface area contributed by atoms with E-state index in [9.17, 15) is 9.90 Å². The van der Waals surface area contributed by atoms with Crippen LogP contribution >= 0.6 is 0 Å². The van der Waals surface area contributed by atoms with E-state index in [2.05, 4.69) is 5.32 Å². The molecular weight excluding hydrogens is 206 g/mol. The standard InChI is InChI=1S/C12H11NO3/c14-10-4-1-3-9(7-10)13-12(15)8-11-5-2-6-16-11/h1-7,14H,8H2,(H,13,15). The number of amides is 1. The molecule has 0 aliphatic heterocycles. The van der Waals surface area contributed by atoms with Gasteiger partial charge in [0.05, 0.1) is 12.7 Å². The number of hydrogen-bond donors (Lipinski definition) is 2. The normalized spacial score (nSPS) is 10.0. The van der Waals surface area contributed by atoms with Gasteiger partial charge in [0, 0.05) is 11.8 Å². The maximum Gasteiger partial charge on any atom is 0.231 e. The van der Waals surface area contributed by atoms with Gasteiger partial charge < -0.3 is 14.8 Å². The summed E-state index contributed by atoms with van der Waals surface area (Å²) in [7, 11) is 0. The molecule has 1 aromatic heterocycles. The van der Waals surface area contributed by atoms with Crippen molar-refractivity contribution in [3.05, 3.63) is 48.4 Å². The molecular formula is C12H11NO3. The number of nitrogens with one attached hydrogen (secondary N) is 1. The number of phenols is 1. The number of hydrogen-bond acceptors (Lipinski definition) is 3. The van der Waals surface area contributed by atoms with E-state index < -0.39 is 0 Å². The van der Waals surface area contributed by atoms with Gasteiger partial charge in [-0.15, -0.1) is 0 Å². The molecule has 1 aromatic carbocycles. The van der Waals surface area contributed by atoms with Crippen LogP contribution < -0.4 is 5.32 Å². The van der Waals surface area contributed by atoms with Gasteiger partial charge in [-0.1, -0.05) is 6.07 Å². The highest BCUT2D eigenvalue weighted by atomic mass is 16.3. The fourth-order valence-electron chi connectivity index (χ4n) is 1.36. The zero-order valence-corrected chi connectivity index (χ0v) is 8.51. The van der Waals surface area contributed by atoms with Gasteiger partial charge in [0.1, 0.15) is 11.5 Å². The zero-order valence-electron chi connectivity index (χ0n) is 8.51. The third-order valence-electron chi connectivity index (χ3n) is 2.04. The number of carbonyl (C=O) groups excluding carboxylic acids is 1. The topological polar surface area (TPSA) is 62.5 Å². The second-order valence-electron chi connectivity index (χ2n) is 3.35. The molecule has 0 bridgehead atoms. The van der Waals surface area contributed by atoms with Crippen LogP contribution in [-0.4, -0.2) is 11.0 Å². The minimum Gasteiger partial charge on any atom is -0.508 e. The monoisotopic (exact) mass is 217 g/mol. The summed E-state index contributed by atoms with van der Waals surface area (Å²) < 4.78 is 5.06. The first-order valence-electron chi connectivity index (χ1n) is 4.85. The van der Waals surface area contributed by atoms with Crippen LogP contribution in [0, 0.1) is 0 Å². The van der Waals surface area contributed by atoms with Crippen molar-refractivity contribution in [2.75, 3.05) is 5.32 Å². The van der Waals surface area contributed by atoms with Crippen molar-refractivity contribution in [2.24, 2.45) is 0 Å². The van der Waals surface area contributed by atoms with Crippen LogP contribution in [0.25, 0.3) is 0 Å². The van der Waals surface area contributed by atoms with Crippen molar-refractivity contribution in [2.45, 2.75) is 6.42 Å². The van der Waals surface area contributed by atoms with Crippen LogP contribution in [-0.2, 0) is 11.2 Å². The highest BCUT2D eigenvalue weighted by Gasteiger charge is 2.06. The third kappa shape index (κ3) is 2.63. The Hall–Kier alpha value is -2.23. The lowest BCUT2D eigenvalue weighted by Crippen LogP contribution is -2.13.